The second-order valence-electron chi connectivity index (χ2n) is 6.41. The fourth-order valence-electron chi connectivity index (χ4n) is 2.86. The van der Waals surface area contributed by atoms with Gasteiger partial charge < -0.3 is 21.3 Å². The average Bonchev–Trinajstić information content (AvgIpc) is 3.00. The fourth-order valence-corrected chi connectivity index (χ4v) is 2.86. The van der Waals surface area contributed by atoms with Crippen molar-refractivity contribution >= 4 is 23.3 Å². The molecular formula is C17H26N4O2. The van der Waals surface area contributed by atoms with Gasteiger partial charge in [-0.1, -0.05) is 13.8 Å². The number of carbonyl (C=O) groups excluding carboxylic acids is 2. The zero-order valence-corrected chi connectivity index (χ0v) is 14.1. The van der Waals surface area contributed by atoms with Crippen LogP contribution in [0.3, 0.4) is 0 Å². The van der Waals surface area contributed by atoms with Gasteiger partial charge in [0.2, 0.25) is 5.91 Å². The molecule has 0 aliphatic carbocycles. The van der Waals surface area contributed by atoms with Crippen molar-refractivity contribution in [2.24, 2.45) is 11.7 Å². The van der Waals surface area contributed by atoms with Gasteiger partial charge in [-0.05, 0) is 49.4 Å². The van der Waals surface area contributed by atoms with Crippen LogP contribution in [0.4, 0.5) is 16.2 Å². The van der Waals surface area contributed by atoms with Crippen molar-refractivity contribution < 1.29 is 9.59 Å². The Balaban J connectivity index is 2.09. The molecule has 2 rings (SSSR count). The molecule has 0 radical (unpaired) electrons. The average molecular weight is 318 g/mol. The Bertz CT molecular complexity index is 580. The third kappa shape index (κ3) is 4.37. The minimum absolute atomic E-state index is 0.0494. The highest BCUT2D eigenvalue weighted by Gasteiger charge is 2.24. The van der Waals surface area contributed by atoms with Gasteiger partial charge in [0.05, 0.1) is 0 Å². The number of urea groups is 1. The number of nitrogens with two attached hydrogens (primary N) is 1. The first-order valence-electron chi connectivity index (χ1n) is 8.11. The number of hydrogen-bond donors (Lipinski definition) is 3. The second-order valence-corrected chi connectivity index (χ2v) is 6.41. The number of anilines is 2. The van der Waals surface area contributed by atoms with E-state index in [4.69, 9.17) is 5.73 Å². The molecule has 1 fully saturated rings. The van der Waals surface area contributed by atoms with Crippen LogP contribution in [0.5, 0.6) is 0 Å². The van der Waals surface area contributed by atoms with Crippen molar-refractivity contribution in [2.75, 3.05) is 23.3 Å². The molecule has 6 nitrogen and oxygen atoms in total. The molecule has 126 valence electrons. The van der Waals surface area contributed by atoms with E-state index < -0.39 is 12.1 Å². The van der Waals surface area contributed by atoms with E-state index in [2.05, 4.69) is 21.6 Å². The minimum atomic E-state index is -0.694. The molecule has 4 N–H and O–H groups in total. The van der Waals surface area contributed by atoms with Crippen molar-refractivity contribution in [3.63, 3.8) is 0 Å². The van der Waals surface area contributed by atoms with Crippen molar-refractivity contribution in [1.82, 2.24) is 5.32 Å². The summed E-state index contributed by atoms with van der Waals surface area (Å²) in [6, 6.07) is 4.69. The monoisotopic (exact) mass is 318 g/mol. The normalized spacial score (nSPS) is 15.6. The summed E-state index contributed by atoms with van der Waals surface area (Å²) in [6.07, 6.45) is 2.46. The van der Waals surface area contributed by atoms with Crippen molar-refractivity contribution in [1.29, 1.82) is 0 Å². The molecule has 6 heteroatoms. The number of aryl methyl sites for hydroxylation is 1. The van der Waals surface area contributed by atoms with E-state index in [0.29, 0.717) is 0 Å². The topological polar surface area (TPSA) is 87.5 Å². The molecule has 1 heterocycles. The molecule has 0 bridgehead atoms. The lowest BCUT2D eigenvalue weighted by Gasteiger charge is -2.22. The smallest absolute Gasteiger partial charge is 0.312 e. The number of nitrogens with zero attached hydrogens (tertiary/aromatic N) is 1. The van der Waals surface area contributed by atoms with Crippen molar-refractivity contribution in [3.8, 4) is 0 Å². The van der Waals surface area contributed by atoms with E-state index in [1.807, 2.05) is 32.9 Å². The van der Waals surface area contributed by atoms with E-state index in [0.717, 1.165) is 24.3 Å². The predicted molar refractivity (Wildman–Crippen MR) is 92.6 cm³/mol. The highest BCUT2D eigenvalue weighted by Crippen LogP contribution is 2.25. The number of nitrogens with one attached hydrogen (secondary N) is 2. The molecule has 1 aliphatic rings. The van der Waals surface area contributed by atoms with Gasteiger partial charge in [-0.25, -0.2) is 4.79 Å². The summed E-state index contributed by atoms with van der Waals surface area (Å²) in [5.41, 5.74) is 8.10. The standard InChI is InChI=1S/C17H26N4O2/c1-11(2)15(20-17(18)23)16(22)19-14-7-6-13(10-12(14)3)21-8-4-5-9-21/h6-7,10-11,15H,4-5,8-9H2,1-3H3,(H,19,22)(H3,18,20,23)/t15-/m0/s1. The van der Waals surface area contributed by atoms with Gasteiger partial charge in [0.1, 0.15) is 6.04 Å². The summed E-state index contributed by atoms with van der Waals surface area (Å²) in [4.78, 5) is 25.8. The number of primary amides is 1. The van der Waals surface area contributed by atoms with Gasteiger partial charge in [0.25, 0.3) is 0 Å². The highest BCUT2D eigenvalue weighted by molar-refractivity contribution is 5.97. The maximum absolute atomic E-state index is 12.4. The number of benzene rings is 1. The summed E-state index contributed by atoms with van der Waals surface area (Å²) in [6.45, 7) is 7.88. The lowest BCUT2D eigenvalue weighted by molar-refractivity contribution is -0.118. The third-order valence-corrected chi connectivity index (χ3v) is 4.19. The molecule has 3 amide bonds. The summed E-state index contributed by atoms with van der Waals surface area (Å²) < 4.78 is 0. The molecule has 23 heavy (non-hydrogen) atoms. The lowest BCUT2D eigenvalue weighted by atomic mass is 10.0. The molecule has 0 aromatic heterocycles. The zero-order chi connectivity index (χ0) is 17.0. The van der Waals surface area contributed by atoms with Crippen LogP contribution in [-0.2, 0) is 4.79 Å². The highest BCUT2D eigenvalue weighted by atomic mass is 16.2. The van der Waals surface area contributed by atoms with Crippen molar-refractivity contribution in [2.45, 2.75) is 39.7 Å². The second kappa shape index (κ2) is 7.35. The minimum Gasteiger partial charge on any atom is -0.372 e. The molecule has 1 atom stereocenters. The van der Waals surface area contributed by atoms with E-state index in [9.17, 15) is 9.59 Å². The van der Waals surface area contributed by atoms with Crippen LogP contribution >= 0.6 is 0 Å². The maximum atomic E-state index is 12.4. The Kier molecular flexibility index (Phi) is 5.47. The van der Waals surface area contributed by atoms with Crippen LogP contribution in [0.15, 0.2) is 18.2 Å². The van der Waals surface area contributed by atoms with E-state index in [1.165, 1.54) is 18.5 Å². The number of hydrogen-bond acceptors (Lipinski definition) is 3. The summed E-state index contributed by atoms with van der Waals surface area (Å²) >= 11 is 0. The van der Waals surface area contributed by atoms with Crippen LogP contribution in [0, 0.1) is 12.8 Å². The molecule has 0 saturated carbocycles. The predicted octanol–water partition coefficient (Wildman–Crippen LogP) is 2.23. The molecule has 0 spiro atoms. The van der Waals surface area contributed by atoms with Crippen LogP contribution < -0.4 is 21.3 Å². The van der Waals surface area contributed by atoms with Gasteiger partial charge >= 0.3 is 6.03 Å². The van der Waals surface area contributed by atoms with Crippen LogP contribution in [0.2, 0.25) is 0 Å². The van der Waals surface area contributed by atoms with Gasteiger partial charge in [-0.15, -0.1) is 0 Å². The van der Waals surface area contributed by atoms with Crippen molar-refractivity contribution in [3.05, 3.63) is 23.8 Å². The quantitative estimate of drug-likeness (QED) is 0.778. The fraction of sp³-hybridized carbons (Fsp3) is 0.529. The Morgan fingerprint density at radius 3 is 2.39 bits per heavy atom. The molecule has 1 aromatic carbocycles. The maximum Gasteiger partial charge on any atom is 0.312 e. The Hall–Kier alpha value is -2.24. The summed E-state index contributed by atoms with van der Waals surface area (Å²) in [7, 11) is 0. The Labute approximate surface area is 137 Å². The Morgan fingerprint density at radius 2 is 1.87 bits per heavy atom. The van der Waals surface area contributed by atoms with Gasteiger partial charge in [-0.3, -0.25) is 4.79 Å². The zero-order valence-electron chi connectivity index (χ0n) is 14.1. The van der Waals surface area contributed by atoms with E-state index in [-0.39, 0.29) is 11.8 Å². The number of carbonyl (C=O) groups is 2. The first kappa shape index (κ1) is 17.1. The van der Waals surface area contributed by atoms with Crippen LogP contribution in [0.1, 0.15) is 32.3 Å². The van der Waals surface area contributed by atoms with E-state index in [1.54, 1.807) is 0 Å². The van der Waals surface area contributed by atoms with Gasteiger partial charge in [-0.2, -0.15) is 0 Å². The largest absolute Gasteiger partial charge is 0.372 e. The van der Waals surface area contributed by atoms with Gasteiger partial charge in [0.15, 0.2) is 0 Å². The van der Waals surface area contributed by atoms with E-state index >= 15 is 0 Å². The molecule has 1 aliphatic heterocycles. The number of amides is 3. The summed E-state index contributed by atoms with van der Waals surface area (Å²) in [5, 5.41) is 5.38. The molecule has 1 aromatic rings. The first-order chi connectivity index (χ1) is 10.9. The Morgan fingerprint density at radius 1 is 1.22 bits per heavy atom. The van der Waals surface area contributed by atoms with Gasteiger partial charge in [0, 0.05) is 24.5 Å². The SMILES string of the molecule is Cc1cc(N2CCCC2)ccc1NC(=O)[C@@H](NC(N)=O)C(C)C. The van der Waals surface area contributed by atoms with Crippen LogP contribution in [-0.4, -0.2) is 31.1 Å². The molecule has 0 unspecified atom stereocenters. The van der Waals surface area contributed by atoms with Crippen LogP contribution in [0.25, 0.3) is 0 Å². The molecule has 1 saturated heterocycles. The molecular weight excluding hydrogens is 292 g/mol. The number of rotatable bonds is 5. The summed E-state index contributed by atoms with van der Waals surface area (Å²) in [5.74, 6) is -0.303. The third-order valence-electron chi connectivity index (χ3n) is 4.19. The first-order valence-corrected chi connectivity index (χ1v) is 8.11. The lowest BCUT2D eigenvalue weighted by Crippen LogP contribution is -2.49.